The van der Waals surface area contributed by atoms with Crippen LogP contribution < -0.4 is 5.32 Å². The molecule has 0 fully saturated rings. The average Bonchev–Trinajstić information content (AvgIpc) is 2.45. The van der Waals surface area contributed by atoms with Crippen molar-refractivity contribution in [3.63, 3.8) is 0 Å². The average molecular weight is 289 g/mol. The predicted octanol–water partition coefficient (Wildman–Crippen LogP) is 4.20. The second-order valence-electron chi connectivity index (χ2n) is 4.58. The van der Waals surface area contributed by atoms with E-state index in [2.05, 4.69) is 11.4 Å². The fourth-order valence-corrected chi connectivity index (χ4v) is 2.32. The molecule has 1 atom stereocenters. The molecule has 4 heteroatoms. The lowest BCUT2D eigenvalue weighted by Gasteiger charge is -2.16. The van der Waals surface area contributed by atoms with Gasteiger partial charge in [0.15, 0.2) is 0 Å². The minimum absolute atomic E-state index is 0.00570. The summed E-state index contributed by atoms with van der Waals surface area (Å²) in [7, 11) is 0. The lowest BCUT2D eigenvalue weighted by Crippen LogP contribution is -2.18. The fourth-order valence-electron chi connectivity index (χ4n) is 1.98. The second kappa shape index (κ2) is 6.51. The highest BCUT2D eigenvalue weighted by molar-refractivity contribution is 6.31. The summed E-state index contributed by atoms with van der Waals surface area (Å²) in [4.78, 5) is 0. The van der Waals surface area contributed by atoms with Crippen molar-refractivity contribution in [2.75, 3.05) is 0 Å². The van der Waals surface area contributed by atoms with E-state index in [9.17, 15) is 4.39 Å². The number of nitrogens with one attached hydrogen (secondary N) is 1. The molecule has 1 unspecified atom stereocenters. The lowest BCUT2D eigenvalue weighted by atomic mass is 10.1. The summed E-state index contributed by atoms with van der Waals surface area (Å²) in [6.45, 7) is 2.58. The first-order chi connectivity index (χ1) is 9.60. The van der Waals surface area contributed by atoms with Gasteiger partial charge in [-0.15, -0.1) is 0 Å². The van der Waals surface area contributed by atoms with Gasteiger partial charge in [-0.2, -0.15) is 5.26 Å². The summed E-state index contributed by atoms with van der Waals surface area (Å²) in [5.41, 5.74) is 2.51. The third kappa shape index (κ3) is 3.57. The zero-order chi connectivity index (χ0) is 14.5. The Balaban J connectivity index is 2.04. The molecule has 1 N–H and O–H groups in total. The Bertz CT molecular complexity index is 649. The summed E-state index contributed by atoms with van der Waals surface area (Å²) in [6, 6.07) is 13.9. The molecule has 0 amide bonds. The molecular weight excluding hydrogens is 275 g/mol. The number of hydrogen-bond acceptors (Lipinski definition) is 2. The Morgan fingerprint density at radius 2 is 2.10 bits per heavy atom. The maximum atomic E-state index is 13.0. The normalized spacial score (nSPS) is 11.9. The van der Waals surface area contributed by atoms with Gasteiger partial charge in [-0.25, -0.2) is 4.39 Å². The Morgan fingerprint density at radius 1 is 1.30 bits per heavy atom. The van der Waals surface area contributed by atoms with Crippen LogP contribution in [0.2, 0.25) is 5.02 Å². The monoisotopic (exact) mass is 288 g/mol. The van der Waals surface area contributed by atoms with Crippen molar-refractivity contribution in [2.24, 2.45) is 0 Å². The summed E-state index contributed by atoms with van der Waals surface area (Å²) >= 11 is 6.03. The van der Waals surface area contributed by atoms with Gasteiger partial charge in [-0.05, 0) is 42.3 Å². The summed E-state index contributed by atoms with van der Waals surface area (Å²) in [6.07, 6.45) is 0. The van der Waals surface area contributed by atoms with Crippen LogP contribution in [0.5, 0.6) is 0 Å². The summed E-state index contributed by atoms with van der Waals surface area (Å²) < 4.78 is 13.0. The van der Waals surface area contributed by atoms with E-state index < -0.39 is 0 Å². The molecule has 20 heavy (non-hydrogen) atoms. The Labute approximate surface area is 122 Å². The van der Waals surface area contributed by atoms with Gasteiger partial charge in [0.25, 0.3) is 0 Å². The number of benzene rings is 2. The van der Waals surface area contributed by atoms with Gasteiger partial charge >= 0.3 is 0 Å². The molecule has 0 heterocycles. The maximum Gasteiger partial charge on any atom is 0.124 e. The first-order valence-corrected chi connectivity index (χ1v) is 6.65. The molecule has 2 aromatic carbocycles. The predicted molar refractivity (Wildman–Crippen MR) is 77.8 cm³/mol. The van der Waals surface area contributed by atoms with Crippen LogP contribution in [0.15, 0.2) is 42.5 Å². The second-order valence-corrected chi connectivity index (χ2v) is 4.99. The highest BCUT2D eigenvalue weighted by Crippen LogP contribution is 2.23. The van der Waals surface area contributed by atoms with Crippen molar-refractivity contribution in [2.45, 2.75) is 19.5 Å². The molecule has 0 saturated heterocycles. The molecule has 0 radical (unpaired) electrons. The van der Waals surface area contributed by atoms with Crippen molar-refractivity contribution in [3.8, 4) is 6.07 Å². The van der Waals surface area contributed by atoms with Crippen LogP contribution in [0.25, 0.3) is 0 Å². The zero-order valence-electron chi connectivity index (χ0n) is 11.0. The Kier molecular flexibility index (Phi) is 4.73. The van der Waals surface area contributed by atoms with E-state index in [0.717, 1.165) is 11.1 Å². The Hall–Kier alpha value is -1.89. The topological polar surface area (TPSA) is 35.8 Å². The van der Waals surface area contributed by atoms with Crippen LogP contribution in [-0.4, -0.2) is 0 Å². The van der Waals surface area contributed by atoms with E-state index in [1.165, 1.54) is 12.1 Å². The fraction of sp³-hybridized carbons (Fsp3) is 0.188. The number of hydrogen-bond donors (Lipinski definition) is 1. The standard InChI is InChI=1S/C16H14ClFN2/c1-11(15-6-5-14(18)8-16(15)17)20-10-13-4-2-3-12(7-13)9-19/h2-8,11,20H,10H2,1H3. The molecule has 0 bridgehead atoms. The maximum absolute atomic E-state index is 13.0. The molecule has 2 aromatic rings. The van der Waals surface area contributed by atoms with Gasteiger partial charge < -0.3 is 5.32 Å². The zero-order valence-corrected chi connectivity index (χ0v) is 11.8. The quantitative estimate of drug-likeness (QED) is 0.915. The van der Waals surface area contributed by atoms with Crippen molar-refractivity contribution < 1.29 is 4.39 Å². The van der Waals surface area contributed by atoms with E-state index in [1.807, 2.05) is 25.1 Å². The van der Waals surface area contributed by atoms with Crippen LogP contribution in [0, 0.1) is 17.1 Å². The minimum Gasteiger partial charge on any atom is -0.306 e. The number of rotatable bonds is 4. The van der Waals surface area contributed by atoms with Crippen molar-refractivity contribution in [1.82, 2.24) is 5.32 Å². The third-order valence-electron chi connectivity index (χ3n) is 3.10. The van der Waals surface area contributed by atoms with Gasteiger partial charge in [0, 0.05) is 17.6 Å². The first-order valence-electron chi connectivity index (χ1n) is 6.27. The van der Waals surface area contributed by atoms with E-state index >= 15 is 0 Å². The molecule has 2 nitrogen and oxygen atoms in total. The molecule has 0 aliphatic rings. The van der Waals surface area contributed by atoms with Crippen LogP contribution in [0.4, 0.5) is 4.39 Å². The van der Waals surface area contributed by atoms with E-state index in [4.69, 9.17) is 16.9 Å². The summed E-state index contributed by atoms with van der Waals surface area (Å²) in [5, 5.41) is 12.6. The third-order valence-corrected chi connectivity index (χ3v) is 3.42. The molecule has 0 aromatic heterocycles. The van der Waals surface area contributed by atoms with E-state index in [-0.39, 0.29) is 11.9 Å². The molecule has 0 spiro atoms. The van der Waals surface area contributed by atoms with Gasteiger partial charge in [-0.1, -0.05) is 29.8 Å². The molecule has 2 rings (SSSR count). The number of nitrogens with zero attached hydrogens (tertiary/aromatic N) is 1. The van der Waals surface area contributed by atoms with Crippen LogP contribution in [-0.2, 0) is 6.54 Å². The number of nitriles is 1. The minimum atomic E-state index is -0.340. The van der Waals surface area contributed by atoms with E-state index in [1.54, 1.807) is 12.1 Å². The largest absolute Gasteiger partial charge is 0.306 e. The van der Waals surface area contributed by atoms with Crippen molar-refractivity contribution >= 4 is 11.6 Å². The van der Waals surface area contributed by atoms with Crippen LogP contribution >= 0.6 is 11.6 Å². The molecule has 0 aliphatic carbocycles. The van der Waals surface area contributed by atoms with Gasteiger partial charge in [0.05, 0.1) is 11.6 Å². The molecule has 0 saturated carbocycles. The number of halogens is 2. The van der Waals surface area contributed by atoms with Crippen molar-refractivity contribution in [3.05, 3.63) is 70.0 Å². The molecule has 0 aliphatic heterocycles. The molecule has 102 valence electrons. The smallest absolute Gasteiger partial charge is 0.124 e. The Morgan fingerprint density at radius 3 is 2.80 bits per heavy atom. The molecular formula is C16H14ClFN2. The van der Waals surface area contributed by atoms with Gasteiger partial charge in [0.2, 0.25) is 0 Å². The highest BCUT2D eigenvalue weighted by atomic mass is 35.5. The SMILES string of the molecule is CC(NCc1cccc(C#N)c1)c1ccc(F)cc1Cl. The first kappa shape index (κ1) is 14.5. The van der Waals surface area contributed by atoms with Crippen LogP contribution in [0.1, 0.15) is 29.7 Å². The summed E-state index contributed by atoms with van der Waals surface area (Å²) in [5.74, 6) is -0.340. The van der Waals surface area contributed by atoms with Crippen molar-refractivity contribution in [1.29, 1.82) is 5.26 Å². The lowest BCUT2D eigenvalue weighted by molar-refractivity contribution is 0.571. The van der Waals surface area contributed by atoms with Gasteiger partial charge in [0.1, 0.15) is 5.82 Å². The highest BCUT2D eigenvalue weighted by Gasteiger charge is 2.10. The van der Waals surface area contributed by atoms with Gasteiger partial charge in [-0.3, -0.25) is 0 Å². The van der Waals surface area contributed by atoms with E-state index in [0.29, 0.717) is 17.1 Å². The van der Waals surface area contributed by atoms with Crippen LogP contribution in [0.3, 0.4) is 0 Å².